The zero-order valence-corrected chi connectivity index (χ0v) is 16.2. The third-order valence-corrected chi connectivity index (χ3v) is 5.56. The van der Waals surface area contributed by atoms with Gasteiger partial charge in [-0.1, -0.05) is 11.3 Å². The number of ether oxygens (including phenoxy) is 1. The average Bonchev–Trinajstić information content (AvgIpc) is 3.10. The van der Waals surface area contributed by atoms with Crippen LogP contribution in [0.25, 0.3) is 10.3 Å². The number of carboxylic acid groups (broad SMARTS) is 1. The van der Waals surface area contributed by atoms with E-state index in [1.165, 1.54) is 11.3 Å². The van der Waals surface area contributed by atoms with Crippen LogP contribution in [0.15, 0.2) is 16.5 Å². The molecular formula is C19H25NO5S. The SMILES string of the molecule is CC(C)(C)OC(=O)N1CCC(CCc2cc3cc(C(=O)O)sc3o2)CC1. The van der Waals surface area contributed by atoms with Crippen LogP contribution >= 0.6 is 11.3 Å². The zero-order valence-electron chi connectivity index (χ0n) is 15.4. The maximum absolute atomic E-state index is 12.1. The van der Waals surface area contributed by atoms with Gasteiger partial charge in [-0.2, -0.15) is 0 Å². The number of carbonyl (C=O) groups excluding carboxylic acids is 1. The van der Waals surface area contributed by atoms with Crippen LogP contribution in [0.5, 0.6) is 0 Å². The summed E-state index contributed by atoms with van der Waals surface area (Å²) < 4.78 is 11.2. The Labute approximate surface area is 156 Å². The number of fused-ring (bicyclic) bond motifs is 1. The van der Waals surface area contributed by atoms with Gasteiger partial charge in [-0.15, -0.1) is 0 Å². The van der Waals surface area contributed by atoms with E-state index in [9.17, 15) is 9.59 Å². The monoisotopic (exact) mass is 379 g/mol. The van der Waals surface area contributed by atoms with Crippen molar-refractivity contribution in [1.29, 1.82) is 0 Å². The molecule has 3 rings (SSSR count). The first-order valence-electron chi connectivity index (χ1n) is 8.95. The van der Waals surface area contributed by atoms with Crippen molar-refractivity contribution in [2.24, 2.45) is 5.92 Å². The number of amides is 1. The summed E-state index contributed by atoms with van der Waals surface area (Å²) in [5.74, 6) is 0.545. The molecule has 0 aliphatic carbocycles. The molecule has 0 bridgehead atoms. The number of rotatable bonds is 4. The molecule has 2 aromatic rings. The quantitative estimate of drug-likeness (QED) is 0.827. The summed E-state index contributed by atoms with van der Waals surface area (Å²) in [6.07, 6.45) is 3.56. The summed E-state index contributed by atoms with van der Waals surface area (Å²) in [6, 6.07) is 3.60. The van der Waals surface area contributed by atoms with Gasteiger partial charge in [0.15, 0.2) is 4.90 Å². The van der Waals surface area contributed by atoms with Crippen molar-refractivity contribution in [3.05, 3.63) is 22.8 Å². The number of piperidine rings is 1. The summed E-state index contributed by atoms with van der Waals surface area (Å²) in [5.41, 5.74) is -0.458. The molecule has 0 aromatic carbocycles. The molecule has 1 saturated heterocycles. The molecule has 3 heterocycles. The number of carboxylic acids is 1. The molecule has 0 atom stereocenters. The lowest BCUT2D eigenvalue weighted by atomic mass is 9.92. The predicted molar refractivity (Wildman–Crippen MR) is 99.9 cm³/mol. The molecule has 0 saturated carbocycles. The van der Waals surface area contributed by atoms with Gasteiger partial charge in [0.2, 0.25) is 0 Å². The van der Waals surface area contributed by atoms with E-state index in [4.69, 9.17) is 14.3 Å². The lowest BCUT2D eigenvalue weighted by Crippen LogP contribution is -2.41. The van der Waals surface area contributed by atoms with Crippen LogP contribution < -0.4 is 0 Å². The Kier molecular flexibility index (Phi) is 5.27. The Balaban J connectivity index is 1.47. The molecule has 1 aliphatic rings. The van der Waals surface area contributed by atoms with Crippen molar-refractivity contribution in [2.75, 3.05) is 13.1 Å². The van der Waals surface area contributed by atoms with Gasteiger partial charge in [-0.25, -0.2) is 9.59 Å². The summed E-state index contributed by atoms with van der Waals surface area (Å²) in [5, 5.41) is 9.86. The Morgan fingerprint density at radius 1 is 1.31 bits per heavy atom. The van der Waals surface area contributed by atoms with Gasteiger partial charge in [0.05, 0.1) is 0 Å². The second-order valence-corrected chi connectivity index (χ2v) is 8.84. The average molecular weight is 379 g/mol. The van der Waals surface area contributed by atoms with Crippen molar-refractivity contribution >= 4 is 33.7 Å². The Hall–Kier alpha value is -2.02. The van der Waals surface area contributed by atoms with Crippen LogP contribution in [-0.4, -0.2) is 40.8 Å². The van der Waals surface area contributed by atoms with Crippen LogP contribution in [0, 0.1) is 5.92 Å². The normalized spacial score (nSPS) is 16.2. The number of nitrogens with zero attached hydrogens (tertiary/aromatic N) is 1. The van der Waals surface area contributed by atoms with Crippen molar-refractivity contribution in [3.63, 3.8) is 0 Å². The number of thiophene rings is 1. The predicted octanol–water partition coefficient (Wildman–Crippen LogP) is 4.77. The highest BCUT2D eigenvalue weighted by Gasteiger charge is 2.27. The third kappa shape index (κ3) is 4.58. The molecule has 1 fully saturated rings. The molecule has 0 radical (unpaired) electrons. The molecule has 7 heteroatoms. The molecule has 6 nitrogen and oxygen atoms in total. The molecule has 1 N–H and O–H groups in total. The Morgan fingerprint density at radius 3 is 2.58 bits per heavy atom. The minimum atomic E-state index is -0.917. The first-order chi connectivity index (χ1) is 12.2. The third-order valence-electron chi connectivity index (χ3n) is 4.54. The lowest BCUT2D eigenvalue weighted by Gasteiger charge is -2.33. The number of hydrogen-bond donors (Lipinski definition) is 1. The number of aromatic carboxylic acids is 1. The van der Waals surface area contributed by atoms with E-state index in [1.807, 2.05) is 26.8 Å². The number of aryl methyl sites for hydroxylation is 1. The van der Waals surface area contributed by atoms with Gasteiger partial charge in [-0.3, -0.25) is 0 Å². The van der Waals surface area contributed by atoms with E-state index in [-0.39, 0.29) is 6.09 Å². The van der Waals surface area contributed by atoms with Gasteiger partial charge in [0.25, 0.3) is 0 Å². The minimum Gasteiger partial charge on any atom is -0.477 e. The number of likely N-dealkylation sites (tertiary alicyclic amines) is 1. The van der Waals surface area contributed by atoms with Crippen molar-refractivity contribution < 1.29 is 23.8 Å². The highest BCUT2D eigenvalue weighted by atomic mass is 32.1. The Bertz CT molecular complexity index is 761. The molecule has 142 valence electrons. The maximum Gasteiger partial charge on any atom is 0.410 e. The first kappa shape index (κ1) is 18.8. The van der Waals surface area contributed by atoms with E-state index < -0.39 is 11.6 Å². The summed E-state index contributed by atoms with van der Waals surface area (Å²) >= 11 is 1.17. The van der Waals surface area contributed by atoms with Crippen LogP contribution in [-0.2, 0) is 11.2 Å². The van der Waals surface area contributed by atoms with Gasteiger partial charge >= 0.3 is 12.1 Å². The molecule has 0 spiro atoms. The van der Waals surface area contributed by atoms with Crippen molar-refractivity contribution in [2.45, 2.75) is 52.1 Å². The fourth-order valence-corrected chi connectivity index (χ4v) is 4.05. The number of hydrogen-bond acceptors (Lipinski definition) is 5. The van der Waals surface area contributed by atoms with E-state index >= 15 is 0 Å². The van der Waals surface area contributed by atoms with Gasteiger partial charge in [0, 0.05) is 24.9 Å². The van der Waals surface area contributed by atoms with Crippen LogP contribution in [0.2, 0.25) is 0 Å². The fourth-order valence-electron chi connectivity index (χ4n) is 3.20. The number of furan rings is 1. The fraction of sp³-hybridized carbons (Fsp3) is 0.579. The van der Waals surface area contributed by atoms with Gasteiger partial charge in [-0.05, 0) is 58.1 Å². The smallest absolute Gasteiger partial charge is 0.410 e. The standard InChI is InChI=1S/C19H25NO5S/c1-19(2,3)25-18(23)20-8-6-12(7-9-20)4-5-14-10-13-11-15(16(21)22)26-17(13)24-14/h10-12H,4-9H2,1-3H3,(H,21,22). The largest absolute Gasteiger partial charge is 0.477 e. The summed E-state index contributed by atoms with van der Waals surface area (Å²) in [7, 11) is 0. The molecule has 1 aliphatic heterocycles. The minimum absolute atomic E-state index is 0.226. The zero-order chi connectivity index (χ0) is 18.9. The highest BCUT2D eigenvalue weighted by Crippen LogP contribution is 2.31. The van der Waals surface area contributed by atoms with Crippen LogP contribution in [0.3, 0.4) is 0 Å². The van der Waals surface area contributed by atoms with Crippen LogP contribution in [0.1, 0.15) is 55.5 Å². The van der Waals surface area contributed by atoms with Crippen LogP contribution in [0.4, 0.5) is 4.79 Å². The van der Waals surface area contributed by atoms with E-state index in [0.29, 0.717) is 15.7 Å². The first-order valence-corrected chi connectivity index (χ1v) is 9.76. The molecule has 26 heavy (non-hydrogen) atoms. The molecule has 0 unspecified atom stereocenters. The maximum atomic E-state index is 12.1. The molecule has 2 aromatic heterocycles. The summed E-state index contributed by atoms with van der Waals surface area (Å²) in [6.45, 7) is 7.10. The second kappa shape index (κ2) is 7.31. The van der Waals surface area contributed by atoms with Gasteiger partial charge in [0.1, 0.15) is 16.2 Å². The molecular weight excluding hydrogens is 354 g/mol. The Morgan fingerprint density at radius 2 is 2.00 bits per heavy atom. The van der Waals surface area contributed by atoms with Crippen molar-refractivity contribution in [1.82, 2.24) is 4.90 Å². The van der Waals surface area contributed by atoms with E-state index in [1.54, 1.807) is 11.0 Å². The van der Waals surface area contributed by atoms with E-state index in [2.05, 4.69) is 0 Å². The second-order valence-electron chi connectivity index (χ2n) is 7.82. The highest BCUT2D eigenvalue weighted by molar-refractivity contribution is 7.20. The lowest BCUT2D eigenvalue weighted by molar-refractivity contribution is 0.0180. The summed E-state index contributed by atoms with van der Waals surface area (Å²) in [4.78, 5) is 25.8. The molecule has 1 amide bonds. The van der Waals surface area contributed by atoms with Gasteiger partial charge < -0.3 is 19.2 Å². The van der Waals surface area contributed by atoms with Crippen molar-refractivity contribution in [3.8, 4) is 0 Å². The van der Waals surface area contributed by atoms with E-state index in [0.717, 1.165) is 49.9 Å². The number of carbonyl (C=O) groups is 2. The topological polar surface area (TPSA) is 80.0 Å².